The van der Waals surface area contributed by atoms with Crippen LogP contribution in [-0.2, 0) is 4.79 Å². The molecule has 0 aromatic carbocycles. The second-order valence-corrected chi connectivity index (χ2v) is 6.30. The summed E-state index contributed by atoms with van der Waals surface area (Å²) < 4.78 is 0. The van der Waals surface area contributed by atoms with E-state index in [0.717, 1.165) is 12.3 Å². The molecule has 0 unspecified atom stereocenters. The summed E-state index contributed by atoms with van der Waals surface area (Å²) >= 11 is 1.58. The van der Waals surface area contributed by atoms with Crippen LogP contribution in [0.4, 0.5) is 4.79 Å². The normalized spacial score (nSPS) is 16.2. The monoisotopic (exact) mass is 288 g/mol. The molecular formula is C13H24N2O3S. The first kappa shape index (κ1) is 16.1. The van der Waals surface area contributed by atoms with Crippen LogP contribution in [0, 0.1) is 5.92 Å². The van der Waals surface area contributed by atoms with Crippen LogP contribution >= 0.6 is 11.8 Å². The Hall–Kier alpha value is -0.910. The number of nitrogens with one attached hydrogen (secondary N) is 1. The summed E-state index contributed by atoms with van der Waals surface area (Å²) in [5.74, 6) is 0.363. The Bertz CT molecular complexity index is 319. The first-order valence-electron chi connectivity index (χ1n) is 6.74. The molecule has 5 nitrogen and oxygen atoms in total. The molecule has 0 heterocycles. The quantitative estimate of drug-likeness (QED) is 0.717. The molecule has 6 heteroatoms. The van der Waals surface area contributed by atoms with Crippen LogP contribution in [0.25, 0.3) is 0 Å². The topological polar surface area (TPSA) is 69.6 Å². The lowest BCUT2D eigenvalue weighted by Crippen LogP contribution is -2.50. The van der Waals surface area contributed by atoms with Gasteiger partial charge in [0.1, 0.15) is 6.04 Å². The van der Waals surface area contributed by atoms with Gasteiger partial charge in [-0.15, -0.1) is 0 Å². The van der Waals surface area contributed by atoms with E-state index in [0.29, 0.717) is 12.3 Å². The van der Waals surface area contributed by atoms with Crippen LogP contribution in [-0.4, -0.2) is 52.6 Å². The number of urea groups is 1. The van der Waals surface area contributed by atoms with Crippen molar-refractivity contribution in [3.05, 3.63) is 0 Å². The van der Waals surface area contributed by atoms with E-state index in [2.05, 4.69) is 5.32 Å². The molecule has 0 radical (unpaired) electrons. The number of nitrogens with zero attached hydrogens (tertiary/aromatic N) is 1. The fraction of sp³-hybridized carbons (Fsp3) is 0.846. The largest absolute Gasteiger partial charge is 0.480 e. The van der Waals surface area contributed by atoms with Gasteiger partial charge in [-0.25, -0.2) is 9.59 Å². The van der Waals surface area contributed by atoms with Gasteiger partial charge < -0.3 is 15.3 Å². The third kappa shape index (κ3) is 5.72. The van der Waals surface area contributed by atoms with Crippen molar-refractivity contribution in [3.8, 4) is 0 Å². The minimum atomic E-state index is -0.961. The summed E-state index contributed by atoms with van der Waals surface area (Å²) in [6.45, 7) is 4.65. The van der Waals surface area contributed by atoms with Crippen molar-refractivity contribution in [2.45, 2.75) is 45.2 Å². The number of carboxylic acids is 1. The van der Waals surface area contributed by atoms with Gasteiger partial charge in [-0.2, -0.15) is 11.8 Å². The number of hydrogen-bond acceptors (Lipinski definition) is 3. The zero-order valence-electron chi connectivity index (χ0n) is 11.9. The molecule has 1 aliphatic carbocycles. The predicted molar refractivity (Wildman–Crippen MR) is 77.5 cm³/mol. The van der Waals surface area contributed by atoms with E-state index in [1.165, 1.54) is 12.8 Å². The molecule has 2 N–H and O–H groups in total. The van der Waals surface area contributed by atoms with E-state index in [9.17, 15) is 9.59 Å². The summed E-state index contributed by atoms with van der Waals surface area (Å²) in [6, 6.07) is -0.952. The maximum atomic E-state index is 12.2. The molecule has 1 saturated carbocycles. The molecule has 1 atom stereocenters. The Morgan fingerprint density at radius 2 is 2.05 bits per heavy atom. The summed E-state index contributed by atoms with van der Waals surface area (Å²) in [4.78, 5) is 25.0. The molecule has 1 aliphatic rings. The number of carboxylic acid groups (broad SMARTS) is 1. The van der Waals surface area contributed by atoms with Gasteiger partial charge in [0, 0.05) is 12.6 Å². The van der Waals surface area contributed by atoms with Gasteiger partial charge in [0.05, 0.1) is 0 Å². The van der Waals surface area contributed by atoms with Gasteiger partial charge in [0.15, 0.2) is 0 Å². The molecule has 0 aromatic heterocycles. The minimum absolute atomic E-state index is 0.0931. The van der Waals surface area contributed by atoms with Crippen LogP contribution in [0.2, 0.25) is 0 Å². The Morgan fingerprint density at radius 1 is 1.42 bits per heavy atom. The van der Waals surface area contributed by atoms with E-state index in [4.69, 9.17) is 5.11 Å². The average Bonchev–Trinajstić information content (AvgIpc) is 3.14. The van der Waals surface area contributed by atoms with Crippen molar-refractivity contribution in [2.24, 2.45) is 5.92 Å². The van der Waals surface area contributed by atoms with E-state index in [1.807, 2.05) is 20.1 Å². The number of carbonyl (C=O) groups excluding carboxylic acids is 1. The number of aliphatic carboxylic acids is 1. The molecular weight excluding hydrogens is 264 g/mol. The number of thioether (sulfide) groups is 1. The zero-order valence-corrected chi connectivity index (χ0v) is 12.7. The lowest BCUT2D eigenvalue weighted by molar-refractivity contribution is -0.139. The maximum Gasteiger partial charge on any atom is 0.326 e. The summed E-state index contributed by atoms with van der Waals surface area (Å²) in [7, 11) is 0. The molecule has 1 fully saturated rings. The first-order chi connectivity index (χ1) is 8.95. The van der Waals surface area contributed by atoms with Crippen molar-refractivity contribution in [2.75, 3.05) is 18.6 Å². The van der Waals surface area contributed by atoms with Gasteiger partial charge >= 0.3 is 12.0 Å². The van der Waals surface area contributed by atoms with Crippen molar-refractivity contribution in [3.63, 3.8) is 0 Å². The molecule has 0 bridgehead atoms. The van der Waals surface area contributed by atoms with Gasteiger partial charge in [0.2, 0.25) is 0 Å². The molecule has 110 valence electrons. The lowest BCUT2D eigenvalue weighted by Gasteiger charge is -2.28. The van der Waals surface area contributed by atoms with Crippen molar-refractivity contribution >= 4 is 23.8 Å². The van der Waals surface area contributed by atoms with E-state index >= 15 is 0 Å². The third-order valence-electron chi connectivity index (χ3n) is 3.24. The Labute approximate surface area is 119 Å². The van der Waals surface area contributed by atoms with Gasteiger partial charge in [-0.05, 0) is 51.0 Å². The van der Waals surface area contributed by atoms with Gasteiger partial charge in [0.25, 0.3) is 0 Å². The SMILES string of the molecule is CSCC[C@H](NC(=O)N(CC1CC1)C(C)C)C(=O)O. The van der Waals surface area contributed by atoms with Gasteiger partial charge in [-0.3, -0.25) is 0 Å². The molecule has 0 aliphatic heterocycles. The average molecular weight is 288 g/mol. The standard InChI is InChI=1S/C13H24N2O3S/c1-9(2)15(8-10-4-5-10)13(18)14-11(12(16)17)6-7-19-3/h9-11H,4-8H2,1-3H3,(H,14,18)(H,16,17)/t11-/m0/s1. The minimum Gasteiger partial charge on any atom is -0.480 e. The predicted octanol–water partition coefficient (Wildman–Crippen LogP) is 2.02. The molecule has 0 aromatic rings. The zero-order chi connectivity index (χ0) is 14.4. The van der Waals surface area contributed by atoms with Crippen LogP contribution in [0.5, 0.6) is 0 Å². The highest BCUT2D eigenvalue weighted by Crippen LogP contribution is 2.30. The van der Waals surface area contributed by atoms with Crippen LogP contribution in [0.1, 0.15) is 33.1 Å². The van der Waals surface area contributed by atoms with Crippen molar-refractivity contribution in [1.82, 2.24) is 10.2 Å². The second-order valence-electron chi connectivity index (χ2n) is 5.31. The summed E-state index contributed by atoms with van der Waals surface area (Å²) in [6.07, 6.45) is 4.72. The van der Waals surface area contributed by atoms with Crippen LogP contribution < -0.4 is 5.32 Å². The van der Waals surface area contributed by atoms with Crippen LogP contribution in [0.15, 0.2) is 0 Å². The maximum absolute atomic E-state index is 12.2. The second kappa shape index (κ2) is 7.62. The van der Waals surface area contributed by atoms with E-state index in [-0.39, 0.29) is 12.1 Å². The molecule has 0 saturated heterocycles. The molecule has 19 heavy (non-hydrogen) atoms. The van der Waals surface area contributed by atoms with Crippen molar-refractivity contribution < 1.29 is 14.7 Å². The molecule has 2 amide bonds. The van der Waals surface area contributed by atoms with Gasteiger partial charge in [-0.1, -0.05) is 0 Å². The fourth-order valence-corrected chi connectivity index (χ4v) is 2.30. The smallest absolute Gasteiger partial charge is 0.326 e. The van der Waals surface area contributed by atoms with Crippen LogP contribution in [0.3, 0.4) is 0 Å². The highest BCUT2D eigenvalue weighted by atomic mass is 32.2. The Balaban J connectivity index is 2.53. The Kier molecular flexibility index (Phi) is 6.48. The third-order valence-corrected chi connectivity index (χ3v) is 3.89. The first-order valence-corrected chi connectivity index (χ1v) is 8.14. The fourth-order valence-electron chi connectivity index (χ4n) is 1.83. The number of carbonyl (C=O) groups is 2. The lowest BCUT2D eigenvalue weighted by atomic mass is 10.2. The van der Waals surface area contributed by atoms with E-state index in [1.54, 1.807) is 16.7 Å². The summed E-state index contributed by atoms with van der Waals surface area (Å²) in [5.41, 5.74) is 0. The Morgan fingerprint density at radius 3 is 2.47 bits per heavy atom. The van der Waals surface area contributed by atoms with E-state index < -0.39 is 12.0 Å². The number of amides is 2. The summed E-state index contributed by atoms with van der Waals surface area (Å²) in [5, 5.41) is 11.8. The number of hydrogen-bond donors (Lipinski definition) is 2. The van der Waals surface area contributed by atoms with Crippen molar-refractivity contribution in [1.29, 1.82) is 0 Å². The highest BCUT2D eigenvalue weighted by Gasteiger charge is 2.30. The molecule has 1 rings (SSSR count). The highest BCUT2D eigenvalue weighted by molar-refractivity contribution is 7.98. The molecule has 0 spiro atoms. The number of rotatable bonds is 8.